The van der Waals surface area contributed by atoms with E-state index in [1.54, 1.807) is 0 Å². The topological polar surface area (TPSA) is 250 Å². The lowest BCUT2D eigenvalue weighted by atomic mass is 9.87. The van der Waals surface area contributed by atoms with Gasteiger partial charge in [0.15, 0.2) is 6.29 Å². The van der Waals surface area contributed by atoms with E-state index < -0.39 is 97.6 Å². The molecule has 0 aliphatic carbocycles. The lowest BCUT2D eigenvalue weighted by molar-refractivity contribution is -0.347. The van der Waals surface area contributed by atoms with Gasteiger partial charge in [0.05, 0.1) is 37.0 Å². The highest BCUT2D eigenvalue weighted by Gasteiger charge is 2.58. The van der Waals surface area contributed by atoms with Crippen LogP contribution in [-0.4, -0.2) is 122 Å². The number of carbonyl (C=O) groups excluding carboxylic acids is 2. The van der Waals surface area contributed by atoms with Gasteiger partial charge in [0, 0.05) is 20.3 Å². The lowest BCUT2D eigenvalue weighted by Gasteiger charge is -2.50. The van der Waals surface area contributed by atoms with Gasteiger partial charge in [0.1, 0.15) is 24.4 Å². The number of aliphatic hydroxyl groups is 5. The quantitative estimate of drug-likeness (QED) is 0.153. The van der Waals surface area contributed by atoms with Crippen molar-refractivity contribution in [2.45, 2.75) is 94.0 Å². The van der Waals surface area contributed by atoms with E-state index in [-0.39, 0.29) is 0 Å². The predicted molar refractivity (Wildman–Crippen MR) is 110 cm³/mol. The first kappa shape index (κ1) is 28.3. The average Bonchev–Trinajstić information content (AvgIpc) is 2.74. The van der Waals surface area contributed by atoms with Crippen LogP contribution in [0.5, 0.6) is 0 Å². The Hall–Kier alpha value is -1.95. The normalized spacial score (nSPS) is 40.1. The zero-order chi connectivity index (χ0) is 26.0. The van der Waals surface area contributed by atoms with Gasteiger partial charge in [0.2, 0.25) is 11.8 Å². The number of nitrogens with two attached hydrogens (primary N) is 1. The number of carboxylic acid groups (broad SMARTS) is 1. The van der Waals surface area contributed by atoms with Crippen LogP contribution >= 0.6 is 0 Å². The van der Waals surface area contributed by atoms with E-state index in [0.717, 1.165) is 13.8 Å². The first-order valence-corrected chi connectivity index (χ1v) is 10.6. The summed E-state index contributed by atoms with van der Waals surface area (Å²) in [5, 5.41) is 65.5. The molecule has 2 aliphatic heterocycles. The number of carboxylic acids is 1. The van der Waals surface area contributed by atoms with Crippen LogP contribution in [0.1, 0.15) is 27.2 Å². The molecule has 196 valence electrons. The van der Waals surface area contributed by atoms with Crippen LogP contribution in [0.25, 0.3) is 0 Å². The largest absolute Gasteiger partial charge is 0.477 e. The van der Waals surface area contributed by atoms with Crippen molar-refractivity contribution in [3.05, 3.63) is 0 Å². The average molecular weight is 495 g/mol. The van der Waals surface area contributed by atoms with Crippen molar-refractivity contribution in [2.24, 2.45) is 5.73 Å². The third kappa shape index (κ3) is 5.99. The maximum atomic E-state index is 12.3. The molecule has 0 spiro atoms. The van der Waals surface area contributed by atoms with Crippen molar-refractivity contribution in [3.63, 3.8) is 0 Å². The van der Waals surface area contributed by atoms with Gasteiger partial charge in [-0.1, -0.05) is 0 Å². The number of carbonyl (C=O) groups is 3. The number of aliphatic carboxylic acids is 1. The van der Waals surface area contributed by atoms with Crippen molar-refractivity contribution in [3.8, 4) is 0 Å². The zero-order valence-electron chi connectivity index (χ0n) is 18.9. The highest BCUT2D eigenvalue weighted by molar-refractivity contribution is 5.76. The third-order valence-corrected chi connectivity index (χ3v) is 5.80. The fourth-order valence-electron chi connectivity index (χ4n) is 4.11. The van der Waals surface area contributed by atoms with Gasteiger partial charge >= 0.3 is 5.97 Å². The summed E-state index contributed by atoms with van der Waals surface area (Å²) >= 11 is 0. The van der Waals surface area contributed by atoms with Gasteiger partial charge in [0.25, 0.3) is 5.79 Å². The molecular formula is C19H33N3O12. The molecule has 11 atom stereocenters. The molecule has 0 bridgehead atoms. The molecule has 15 heteroatoms. The van der Waals surface area contributed by atoms with E-state index in [9.17, 15) is 45.0 Å². The summed E-state index contributed by atoms with van der Waals surface area (Å²) in [6, 6.07) is -4.12. The fourth-order valence-corrected chi connectivity index (χ4v) is 4.11. The van der Waals surface area contributed by atoms with Gasteiger partial charge in [-0.15, -0.1) is 0 Å². The Morgan fingerprint density at radius 2 is 1.71 bits per heavy atom. The standard InChI is InChI=1S/C19H33N3O12/c1-6-15(14(28)13(17(29)32-6)22-8(3)25)33-19(18(30)31)4-9(26)12(21-7(2)24)16(34-19)11(20)10(27)5-23/h6,9-17,23,26-29H,4-5,20H2,1-3H3,(H,21,24)(H,22,25)(H,30,31)/t6-,9-,10+,11-,12-,13-,14-,15+,16-,17?,19-/m1/s1. The number of hydrogen-bond donors (Lipinski definition) is 9. The molecule has 2 fully saturated rings. The molecule has 2 amide bonds. The number of nitrogens with one attached hydrogen (secondary N) is 2. The van der Waals surface area contributed by atoms with Crippen LogP contribution in [0, 0.1) is 0 Å². The number of aliphatic hydroxyl groups excluding tert-OH is 5. The summed E-state index contributed by atoms with van der Waals surface area (Å²) in [4.78, 5) is 35.4. The molecule has 0 aromatic carbocycles. The summed E-state index contributed by atoms with van der Waals surface area (Å²) < 4.78 is 16.6. The second-order valence-corrected chi connectivity index (χ2v) is 8.50. The molecule has 2 rings (SSSR count). The first-order chi connectivity index (χ1) is 15.7. The van der Waals surface area contributed by atoms with E-state index in [1.807, 2.05) is 0 Å². The van der Waals surface area contributed by atoms with Gasteiger partial charge in [-0.3, -0.25) is 9.59 Å². The second kappa shape index (κ2) is 11.2. The van der Waals surface area contributed by atoms with E-state index in [0.29, 0.717) is 0 Å². The lowest BCUT2D eigenvalue weighted by Crippen LogP contribution is -2.71. The molecular weight excluding hydrogens is 462 g/mol. The Morgan fingerprint density at radius 3 is 2.21 bits per heavy atom. The highest BCUT2D eigenvalue weighted by atomic mass is 16.7. The van der Waals surface area contributed by atoms with Gasteiger partial charge in [-0.25, -0.2) is 4.79 Å². The molecule has 0 radical (unpaired) electrons. The number of amides is 2. The Labute approximate surface area is 194 Å². The van der Waals surface area contributed by atoms with Gasteiger partial charge in [-0.2, -0.15) is 0 Å². The molecule has 15 nitrogen and oxygen atoms in total. The number of ether oxygens (including phenoxy) is 3. The van der Waals surface area contributed by atoms with Crippen molar-refractivity contribution in [1.82, 2.24) is 10.6 Å². The maximum absolute atomic E-state index is 12.3. The Balaban J connectivity index is 2.42. The molecule has 0 saturated carbocycles. The fraction of sp³-hybridized carbons (Fsp3) is 0.842. The first-order valence-electron chi connectivity index (χ1n) is 10.6. The van der Waals surface area contributed by atoms with Gasteiger partial charge < -0.3 is 61.2 Å². The van der Waals surface area contributed by atoms with Crippen molar-refractivity contribution in [1.29, 1.82) is 0 Å². The van der Waals surface area contributed by atoms with E-state index in [1.165, 1.54) is 6.92 Å². The highest BCUT2D eigenvalue weighted by Crippen LogP contribution is 2.36. The van der Waals surface area contributed by atoms with Crippen LogP contribution in [-0.2, 0) is 28.6 Å². The number of rotatable bonds is 8. The molecule has 0 aromatic heterocycles. The summed E-state index contributed by atoms with van der Waals surface area (Å²) in [5.41, 5.74) is 5.93. The summed E-state index contributed by atoms with van der Waals surface area (Å²) in [7, 11) is 0. The Morgan fingerprint density at radius 1 is 1.15 bits per heavy atom. The summed E-state index contributed by atoms with van der Waals surface area (Å²) in [6.07, 6.45) is -11.4. The minimum absolute atomic E-state index is 0.607. The molecule has 0 aromatic rings. The van der Waals surface area contributed by atoms with Crippen molar-refractivity contribution < 1.29 is 59.2 Å². The monoisotopic (exact) mass is 495 g/mol. The molecule has 10 N–H and O–H groups in total. The van der Waals surface area contributed by atoms with Crippen molar-refractivity contribution >= 4 is 17.8 Å². The van der Waals surface area contributed by atoms with Gasteiger partial charge in [-0.05, 0) is 6.92 Å². The minimum atomic E-state index is -2.65. The Bertz CT molecular complexity index is 756. The molecule has 2 heterocycles. The zero-order valence-corrected chi connectivity index (χ0v) is 18.9. The second-order valence-electron chi connectivity index (χ2n) is 8.50. The van der Waals surface area contributed by atoms with Crippen molar-refractivity contribution in [2.75, 3.05) is 6.61 Å². The van der Waals surface area contributed by atoms with Crippen LogP contribution in [0.2, 0.25) is 0 Å². The SMILES string of the molecule is CC(=O)N[C@H]1[C@@H]([C@H](N)[C@@H](O)CO)O[C@@](O[C@@H]2[C@H](O)[C@@H](NC(C)=O)C(O)O[C@@H]2C)(C(=O)O)C[C@H]1O. The summed E-state index contributed by atoms with van der Waals surface area (Å²) in [5.74, 6) is -5.61. The van der Waals surface area contributed by atoms with E-state index in [2.05, 4.69) is 10.6 Å². The molecule has 34 heavy (non-hydrogen) atoms. The van der Waals surface area contributed by atoms with Crippen LogP contribution in [0.3, 0.4) is 0 Å². The predicted octanol–water partition coefficient (Wildman–Crippen LogP) is -4.91. The molecule has 1 unspecified atom stereocenters. The third-order valence-electron chi connectivity index (χ3n) is 5.80. The van der Waals surface area contributed by atoms with E-state index in [4.69, 9.17) is 19.9 Å². The van der Waals surface area contributed by atoms with E-state index >= 15 is 0 Å². The Kier molecular flexibility index (Phi) is 9.31. The smallest absolute Gasteiger partial charge is 0.364 e. The number of hydrogen-bond acceptors (Lipinski definition) is 12. The summed E-state index contributed by atoms with van der Waals surface area (Å²) in [6.45, 7) is 2.81. The van der Waals surface area contributed by atoms with Crippen LogP contribution in [0.4, 0.5) is 0 Å². The minimum Gasteiger partial charge on any atom is -0.477 e. The maximum Gasteiger partial charge on any atom is 0.364 e. The molecule has 2 saturated heterocycles. The molecule has 2 aliphatic rings. The van der Waals surface area contributed by atoms with Crippen LogP contribution < -0.4 is 16.4 Å². The van der Waals surface area contributed by atoms with Crippen LogP contribution in [0.15, 0.2) is 0 Å².